The zero-order valence-corrected chi connectivity index (χ0v) is 10.5. The lowest BCUT2D eigenvalue weighted by Gasteiger charge is -2.22. The van der Waals surface area contributed by atoms with Crippen molar-refractivity contribution in [2.24, 2.45) is 5.41 Å². The van der Waals surface area contributed by atoms with Gasteiger partial charge in [0.2, 0.25) is 0 Å². The molecule has 0 N–H and O–H groups in total. The number of alkyl halides is 1. The number of hydrogen-bond acceptors (Lipinski definition) is 2. The number of ether oxygens (including phenoxy) is 1. The van der Waals surface area contributed by atoms with Gasteiger partial charge in [-0.05, 0) is 39.5 Å². The summed E-state index contributed by atoms with van der Waals surface area (Å²) >= 11 is 2.23. The van der Waals surface area contributed by atoms with Crippen LogP contribution in [0.1, 0.15) is 39.5 Å². The Labute approximate surface area is 93.6 Å². The van der Waals surface area contributed by atoms with Crippen LogP contribution in [0, 0.1) is 5.41 Å². The zero-order valence-electron chi connectivity index (χ0n) is 8.31. The Balaban J connectivity index is 2.39. The minimum absolute atomic E-state index is 0.0335. The fraction of sp³-hybridized carbons (Fsp3) is 0.900. The highest BCUT2D eigenvalue weighted by molar-refractivity contribution is 14.1. The summed E-state index contributed by atoms with van der Waals surface area (Å²) in [6.07, 6.45) is 4.74. The first-order chi connectivity index (χ1) is 6.06. The van der Waals surface area contributed by atoms with E-state index in [0.717, 1.165) is 17.3 Å². The molecule has 0 aromatic heterocycles. The van der Waals surface area contributed by atoms with Gasteiger partial charge in [-0.15, -0.1) is 0 Å². The van der Waals surface area contributed by atoms with E-state index in [0.29, 0.717) is 0 Å². The second kappa shape index (κ2) is 4.62. The molecule has 0 radical (unpaired) electrons. The smallest absolute Gasteiger partial charge is 0.312 e. The van der Waals surface area contributed by atoms with E-state index in [4.69, 9.17) is 4.74 Å². The van der Waals surface area contributed by atoms with Crippen LogP contribution in [0.4, 0.5) is 0 Å². The van der Waals surface area contributed by atoms with Crippen molar-refractivity contribution in [3.63, 3.8) is 0 Å². The van der Waals surface area contributed by atoms with E-state index < -0.39 is 0 Å². The molecule has 0 saturated heterocycles. The monoisotopic (exact) mass is 296 g/mol. The van der Waals surface area contributed by atoms with Crippen LogP contribution in [-0.4, -0.2) is 16.5 Å². The van der Waals surface area contributed by atoms with Gasteiger partial charge in [-0.25, -0.2) is 0 Å². The molecule has 0 aromatic rings. The predicted molar refractivity (Wildman–Crippen MR) is 61.0 cm³/mol. The van der Waals surface area contributed by atoms with Gasteiger partial charge in [0, 0.05) is 4.43 Å². The molecule has 76 valence electrons. The second-order valence-electron chi connectivity index (χ2n) is 4.33. The van der Waals surface area contributed by atoms with Gasteiger partial charge in [0.05, 0.1) is 5.41 Å². The van der Waals surface area contributed by atoms with Crippen LogP contribution >= 0.6 is 22.6 Å². The SMILES string of the molecule is CC(C)(CI)C(=O)OC1CCCC1. The van der Waals surface area contributed by atoms with Gasteiger partial charge in [0.1, 0.15) is 6.10 Å². The third-order valence-electron chi connectivity index (χ3n) is 2.46. The number of rotatable bonds is 3. The van der Waals surface area contributed by atoms with Gasteiger partial charge in [0.15, 0.2) is 0 Å². The number of hydrogen-bond donors (Lipinski definition) is 0. The summed E-state index contributed by atoms with van der Waals surface area (Å²) in [5.41, 5.74) is -0.316. The molecule has 1 saturated carbocycles. The molecule has 1 aliphatic carbocycles. The summed E-state index contributed by atoms with van der Waals surface area (Å²) in [6.45, 7) is 3.88. The molecule has 0 aromatic carbocycles. The van der Waals surface area contributed by atoms with E-state index in [1.165, 1.54) is 12.8 Å². The minimum atomic E-state index is -0.316. The topological polar surface area (TPSA) is 26.3 Å². The van der Waals surface area contributed by atoms with Crippen LogP contribution in [0.15, 0.2) is 0 Å². The number of carbonyl (C=O) groups is 1. The number of carbonyl (C=O) groups excluding carboxylic acids is 1. The van der Waals surface area contributed by atoms with Gasteiger partial charge >= 0.3 is 5.97 Å². The molecule has 0 spiro atoms. The van der Waals surface area contributed by atoms with Crippen molar-refractivity contribution >= 4 is 28.6 Å². The highest BCUT2D eigenvalue weighted by Crippen LogP contribution is 2.26. The fourth-order valence-electron chi connectivity index (χ4n) is 1.37. The first-order valence-electron chi connectivity index (χ1n) is 4.83. The molecule has 2 nitrogen and oxygen atoms in total. The van der Waals surface area contributed by atoms with Crippen molar-refractivity contribution in [1.29, 1.82) is 0 Å². The normalized spacial score (nSPS) is 19.0. The molecule has 0 heterocycles. The molecular formula is C10H17IO2. The molecule has 1 rings (SSSR count). The van der Waals surface area contributed by atoms with Gasteiger partial charge in [-0.3, -0.25) is 4.79 Å². The quantitative estimate of drug-likeness (QED) is 0.455. The fourth-order valence-corrected chi connectivity index (χ4v) is 1.68. The summed E-state index contributed by atoms with van der Waals surface area (Å²) in [6, 6.07) is 0. The molecule has 0 bridgehead atoms. The molecule has 0 atom stereocenters. The molecule has 1 aliphatic rings. The van der Waals surface area contributed by atoms with Crippen molar-refractivity contribution in [2.45, 2.75) is 45.6 Å². The van der Waals surface area contributed by atoms with Gasteiger partial charge in [-0.1, -0.05) is 22.6 Å². The average molecular weight is 296 g/mol. The average Bonchev–Trinajstić information content (AvgIpc) is 2.57. The standard InChI is InChI=1S/C10H17IO2/c1-10(2,7-11)9(12)13-8-5-3-4-6-8/h8H,3-7H2,1-2H3. The lowest BCUT2D eigenvalue weighted by atomic mass is 9.97. The van der Waals surface area contributed by atoms with E-state index in [2.05, 4.69) is 22.6 Å². The summed E-state index contributed by atoms with van der Waals surface area (Å²) in [5.74, 6) is -0.0335. The summed E-state index contributed by atoms with van der Waals surface area (Å²) < 4.78 is 6.24. The summed E-state index contributed by atoms with van der Waals surface area (Å²) in [5, 5.41) is 0. The zero-order chi connectivity index (χ0) is 9.90. The predicted octanol–water partition coefficient (Wildman–Crippen LogP) is 2.93. The van der Waals surface area contributed by atoms with Crippen LogP contribution in [0.2, 0.25) is 0 Å². The van der Waals surface area contributed by atoms with Crippen molar-refractivity contribution < 1.29 is 9.53 Å². The van der Waals surface area contributed by atoms with Crippen LogP contribution in [0.5, 0.6) is 0 Å². The summed E-state index contributed by atoms with van der Waals surface area (Å²) in [7, 11) is 0. The van der Waals surface area contributed by atoms with Gasteiger partial charge in [0.25, 0.3) is 0 Å². The maximum atomic E-state index is 11.6. The van der Waals surface area contributed by atoms with Crippen molar-refractivity contribution in [1.82, 2.24) is 0 Å². The lowest BCUT2D eigenvalue weighted by Crippen LogP contribution is -2.30. The maximum Gasteiger partial charge on any atom is 0.312 e. The highest BCUT2D eigenvalue weighted by Gasteiger charge is 2.31. The Hall–Kier alpha value is 0.200. The molecule has 3 heteroatoms. The molecule has 0 amide bonds. The van der Waals surface area contributed by atoms with E-state index in [1.807, 2.05) is 13.8 Å². The van der Waals surface area contributed by atoms with Crippen LogP contribution < -0.4 is 0 Å². The largest absolute Gasteiger partial charge is 0.462 e. The third-order valence-corrected chi connectivity index (χ3v) is 4.37. The Bertz CT molecular complexity index is 183. The van der Waals surface area contributed by atoms with E-state index in [-0.39, 0.29) is 17.5 Å². The van der Waals surface area contributed by atoms with E-state index >= 15 is 0 Å². The van der Waals surface area contributed by atoms with Crippen molar-refractivity contribution in [2.75, 3.05) is 4.43 Å². The van der Waals surface area contributed by atoms with Crippen LogP contribution in [0.25, 0.3) is 0 Å². The molecular weight excluding hydrogens is 279 g/mol. The summed E-state index contributed by atoms with van der Waals surface area (Å²) in [4.78, 5) is 11.6. The van der Waals surface area contributed by atoms with E-state index in [1.54, 1.807) is 0 Å². The first-order valence-corrected chi connectivity index (χ1v) is 6.36. The molecule has 1 fully saturated rings. The third kappa shape index (κ3) is 3.11. The molecule has 0 unspecified atom stereocenters. The molecule has 13 heavy (non-hydrogen) atoms. The maximum absolute atomic E-state index is 11.6. The Kier molecular flexibility index (Phi) is 4.01. The highest BCUT2D eigenvalue weighted by atomic mass is 127. The minimum Gasteiger partial charge on any atom is -0.462 e. The second-order valence-corrected chi connectivity index (χ2v) is 5.09. The Morgan fingerprint density at radius 2 is 2.00 bits per heavy atom. The van der Waals surface area contributed by atoms with Crippen LogP contribution in [0.3, 0.4) is 0 Å². The van der Waals surface area contributed by atoms with Gasteiger partial charge in [-0.2, -0.15) is 0 Å². The Morgan fingerprint density at radius 1 is 1.46 bits per heavy atom. The first kappa shape index (κ1) is 11.3. The van der Waals surface area contributed by atoms with Crippen molar-refractivity contribution in [3.8, 4) is 0 Å². The number of esters is 1. The van der Waals surface area contributed by atoms with Crippen molar-refractivity contribution in [3.05, 3.63) is 0 Å². The lowest BCUT2D eigenvalue weighted by molar-refractivity contribution is -0.157. The van der Waals surface area contributed by atoms with Gasteiger partial charge < -0.3 is 4.74 Å². The van der Waals surface area contributed by atoms with Crippen LogP contribution in [-0.2, 0) is 9.53 Å². The molecule has 0 aliphatic heterocycles. The Morgan fingerprint density at radius 3 is 2.46 bits per heavy atom. The number of halogens is 1. The van der Waals surface area contributed by atoms with E-state index in [9.17, 15) is 4.79 Å².